The number of hydrogen-bond acceptors (Lipinski definition) is 6. The van der Waals surface area contributed by atoms with E-state index in [1.54, 1.807) is 6.08 Å². The van der Waals surface area contributed by atoms with Gasteiger partial charge in [-0.1, -0.05) is 78.9 Å². The number of nitrogens with two attached hydrogens (primary N) is 1. The van der Waals surface area contributed by atoms with Gasteiger partial charge in [0.15, 0.2) is 0 Å². The van der Waals surface area contributed by atoms with Crippen molar-refractivity contribution >= 4 is 53.9 Å². The van der Waals surface area contributed by atoms with Crippen molar-refractivity contribution in [3.05, 3.63) is 119 Å². The van der Waals surface area contributed by atoms with E-state index >= 15 is 0 Å². The average molecular weight is 585 g/mol. The number of nitrogens with one attached hydrogen (secondary N) is 1. The van der Waals surface area contributed by atoms with Crippen LogP contribution in [-0.4, -0.2) is 35.6 Å². The van der Waals surface area contributed by atoms with E-state index in [1.165, 1.54) is 0 Å². The topological polar surface area (TPSA) is 53.6 Å². The zero-order chi connectivity index (χ0) is 30.1. The minimum Gasteiger partial charge on any atom is -0.402 e. The molecule has 1 fully saturated rings. The summed E-state index contributed by atoms with van der Waals surface area (Å²) in [6, 6.07) is 14.9. The highest BCUT2D eigenvalue weighted by Crippen LogP contribution is 2.33. The number of aryl methyl sites for hydroxylation is 1. The summed E-state index contributed by atoms with van der Waals surface area (Å²) in [6.07, 6.45) is 12.5. The van der Waals surface area contributed by atoms with Crippen LogP contribution in [0, 0.1) is 6.92 Å². The number of anilines is 1. The Kier molecular flexibility index (Phi) is 11.8. The first-order valence-corrected chi connectivity index (χ1v) is 14.9. The van der Waals surface area contributed by atoms with E-state index in [1.807, 2.05) is 57.6 Å². The van der Waals surface area contributed by atoms with Crippen molar-refractivity contribution in [2.24, 2.45) is 10.7 Å². The zero-order valence-electron chi connectivity index (χ0n) is 24.8. The molecule has 0 aromatic heterocycles. The fraction of sp³-hybridized carbons (Fsp3) is 0.286. The Bertz CT molecular complexity index is 1380. The summed E-state index contributed by atoms with van der Waals surface area (Å²) >= 11 is 9.99. The molecule has 6 heteroatoms. The van der Waals surface area contributed by atoms with Gasteiger partial charge in [0.2, 0.25) is 0 Å². The van der Waals surface area contributed by atoms with Crippen LogP contribution in [0.5, 0.6) is 0 Å². The van der Waals surface area contributed by atoms with Crippen molar-refractivity contribution in [2.75, 3.05) is 12.4 Å². The van der Waals surface area contributed by atoms with Crippen molar-refractivity contribution < 1.29 is 0 Å². The molecule has 2 aromatic carbocycles. The molecule has 0 amide bonds. The van der Waals surface area contributed by atoms with Crippen LogP contribution < -0.4 is 11.1 Å². The molecular formula is C35H44N4S2. The summed E-state index contributed by atoms with van der Waals surface area (Å²) in [7, 11) is 2.03. The smallest absolute Gasteiger partial charge is 0.0902 e. The first-order chi connectivity index (χ1) is 19.5. The number of benzene rings is 2. The summed E-state index contributed by atoms with van der Waals surface area (Å²) in [5, 5.41) is 3.31. The van der Waals surface area contributed by atoms with E-state index in [0.29, 0.717) is 12.5 Å². The van der Waals surface area contributed by atoms with Gasteiger partial charge < -0.3 is 16.0 Å². The number of nitrogens with zero attached hydrogens (tertiary/aromatic N) is 2. The van der Waals surface area contributed by atoms with E-state index in [-0.39, 0.29) is 11.4 Å². The molecule has 0 spiro atoms. The second kappa shape index (κ2) is 15.0. The maximum absolute atomic E-state index is 6.50. The van der Waals surface area contributed by atoms with Crippen molar-refractivity contribution in [1.29, 1.82) is 0 Å². The quantitative estimate of drug-likeness (QED) is 0.0779. The van der Waals surface area contributed by atoms with Gasteiger partial charge >= 0.3 is 0 Å². The summed E-state index contributed by atoms with van der Waals surface area (Å²) in [5.41, 5.74) is 15.6. The van der Waals surface area contributed by atoms with Gasteiger partial charge in [0.25, 0.3) is 0 Å². The second-order valence-electron chi connectivity index (χ2n) is 10.8. The van der Waals surface area contributed by atoms with Crippen LogP contribution in [0.4, 0.5) is 5.69 Å². The molecule has 0 saturated heterocycles. The van der Waals surface area contributed by atoms with E-state index < -0.39 is 0 Å². The third-order valence-electron chi connectivity index (χ3n) is 6.97. The molecule has 0 radical (unpaired) electrons. The Morgan fingerprint density at radius 2 is 1.78 bits per heavy atom. The molecule has 0 heterocycles. The summed E-state index contributed by atoms with van der Waals surface area (Å²) < 4.78 is 0. The van der Waals surface area contributed by atoms with Crippen molar-refractivity contribution in [2.45, 2.75) is 57.5 Å². The maximum atomic E-state index is 6.50. The molecule has 1 aliphatic rings. The van der Waals surface area contributed by atoms with Gasteiger partial charge in [0, 0.05) is 42.2 Å². The second-order valence-corrected chi connectivity index (χ2v) is 11.9. The molecule has 2 atom stereocenters. The van der Waals surface area contributed by atoms with Crippen molar-refractivity contribution in [1.82, 2.24) is 4.90 Å². The highest BCUT2D eigenvalue weighted by Gasteiger charge is 2.23. The molecule has 3 N–H and O–H groups in total. The number of rotatable bonds is 14. The molecule has 3 rings (SSSR count). The summed E-state index contributed by atoms with van der Waals surface area (Å²) in [5.74, 6) is 0. The highest BCUT2D eigenvalue weighted by molar-refractivity contribution is 7.85. The Morgan fingerprint density at radius 1 is 1.10 bits per heavy atom. The average Bonchev–Trinajstić information content (AvgIpc) is 3.74. The van der Waals surface area contributed by atoms with Crippen LogP contribution in [0.1, 0.15) is 55.4 Å². The predicted molar refractivity (Wildman–Crippen MR) is 189 cm³/mol. The monoisotopic (exact) mass is 584 g/mol. The van der Waals surface area contributed by atoms with E-state index in [0.717, 1.165) is 68.1 Å². The number of likely N-dealkylation sites (N-methyl/N-ethyl adjacent to an activating group) is 1. The lowest BCUT2D eigenvalue weighted by atomic mass is 9.93. The highest BCUT2D eigenvalue weighted by atomic mass is 32.1. The van der Waals surface area contributed by atoms with Gasteiger partial charge in [0.1, 0.15) is 0 Å². The normalized spacial score (nSPS) is 15.9. The van der Waals surface area contributed by atoms with Crippen molar-refractivity contribution in [3.8, 4) is 0 Å². The molecule has 0 aliphatic heterocycles. The molecule has 2 aromatic rings. The van der Waals surface area contributed by atoms with Crippen LogP contribution in [0.2, 0.25) is 0 Å². The fourth-order valence-corrected chi connectivity index (χ4v) is 5.27. The third-order valence-corrected chi connectivity index (χ3v) is 7.80. The van der Waals surface area contributed by atoms with E-state index in [9.17, 15) is 0 Å². The Labute approximate surface area is 258 Å². The van der Waals surface area contributed by atoms with E-state index in [2.05, 4.69) is 72.2 Å². The standard InChI is InChI=1S/C35H44N4S2/c1-8-9-31(32-20-25(6)10-17-30(32)24(4)5)34(40)22-39(7)33(21-27(36)18-19-37-28-15-16-28)35(41)38-29-13-11-26(12-14-29)23(2)3/h8-14,17-20,22,28,33,35,38,40-41H,1-2,4,15-16,21,36H2,3,5-7H3/b27-18?,31-9-,34-22+,37-19?. The van der Waals surface area contributed by atoms with Gasteiger partial charge in [0.05, 0.1) is 17.5 Å². The minimum absolute atomic E-state index is 0.102. The van der Waals surface area contributed by atoms with Gasteiger partial charge in [-0.15, -0.1) is 12.6 Å². The Hall–Kier alpha value is -3.35. The third kappa shape index (κ3) is 9.61. The summed E-state index contributed by atoms with van der Waals surface area (Å²) in [6.45, 7) is 18.3. The molecule has 1 saturated carbocycles. The lowest BCUT2D eigenvalue weighted by Gasteiger charge is -2.33. The van der Waals surface area contributed by atoms with Gasteiger partial charge in [-0.05, 0) is 74.1 Å². The molecule has 4 nitrogen and oxygen atoms in total. The van der Waals surface area contributed by atoms with Crippen LogP contribution in [0.3, 0.4) is 0 Å². The Balaban J connectivity index is 1.93. The number of allylic oxidation sites excluding steroid dienone is 6. The molecule has 216 valence electrons. The van der Waals surface area contributed by atoms with Crippen molar-refractivity contribution in [3.63, 3.8) is 0 Å². The van der Waals surface area contributed by atoms with Crippen LogP contribution >= 0.6 is 25.3 Å². The summed E-state index contributed by atoms with van der Waals surface area (Å²) in [4.78, 5) is 7.46. The minimum atomic E-state index is -0.239. The SMILES string of the molecule is C=C/C=C(\C(S)=C/N(C)C(CC(N)=CC=NC1CC1)C(S)Nc1ccc(C(=C)C)cc1)c1cc(C)ccc1C(=C)C. The van der Waals surface area contributed by atoms with Gasteiger partial charge in [-0.25, -0.2) is 0 Å². The molecule has 41 heavy (non-hydrogen) atoms. The Morgan fingerprint density at radius 3 is 2.37 bits per heavy atom. The lowest BCUT2D eigenvalue weighted by molar-refractivity contribution is 0.327. The predicted octanol–water partition coefficient (Wildman–Crippen LogP) is 8.54. The molecule has 2 unspecified atom stereocenters. The largest absolute Gasteiger partial charge is 0.402 e. The van der Waals surface area contributed by atoms with Crippen LogP contribution in [0.15, 0.2) is 102 Å². The lowest BCUT2D eigenvalue weighted by Crippen LogP contribution is -2.41. The number of hydrogen-bond donors (Lipinski definition) is 4. The fourth-order valence-electron chi connectivity index (χ4n) is 4.43. The van der Waals surface area contributed by atoms with Gasteiger partial charge in [-0.2, -0.15) is 12.6 Å². The number of thiol groups is 2. The molecular weight excluding hydrogens is 541 g/mol. The van der Waals surface area contributed by atoms with Crippen LogP contribution in [0.25, 0.3) is 16.7 Å². The number of aliphatic imine (C=N–C) groups is 1. The maximum Gasteiger partial charge on any atom is 0.0902 e. The van der Waals surface area contributed by atoms with E-state index in [4.69, 9.17) is 31.0 Å². The zero-order valence-corrected chi connectivity index (χ0v) is 26.6. The first kappa shape index (κ1) is 32.2. The molecule has 0 bridgehead atoms. The van der Waals surface area contributed by atoms with Crippen LogP contribution in [-0.2, 0) is 0 Å². The van der Waals surface area contributed by atoms with Gasteiger partial charge in [-0.3, -0.25) is 4.99 Å². The molecule has 1 aliphatic carbocycles. The first-order valence-electron chi connectivity index (χ1n) is 13.9.